The van der Waals surface area contributed by atoms with E-state index >= 15 is 0 Å². The normalized spacial score (nSPS) is 15.2. The molecule has 158 valence electrons. The number of anilines is 1. The molecule has 1 aliphatic rings. The minimum absolute atomic E-state index is 0.0419. The summed E-state index contributed by atoms with van der Waals surface area (Å²) in [5.74, 6) is 0.651. The third kappa shape index (κ3) is 3.65. The molecule has 0 bridgehead atoms. The first-order valence-corrected chi connectivity index (χ1v) is 10.2. The quantitative estimate of drug-likeness (QED) is 0.612. The number of carbonyl (C=O) groups excluding carboxylic acids is 1. The van der Waals surface area contributed by atoms with Crippen LogP contribution < -0.4 is 10.1 Å². The molecule has 6 nitrogen and oxygen atoms in total. The summed E-state index contributed by atoms with van der Waals surface area (Å²) in [6, 6.07) is 11.7. The van der Waals surface area contributed by atoms with Gasteiger partial charge in [-0.3, -0.25) is 4.79 Å². The van der Waals surface area contributed by atoms with Crippen LogP contribution in [0, 0.1) is 11.2 Å². The Hall–Kier alpha value is -2.93. The van der Waals surface area contributed by atoms with Gasteiger partial charge in [0, 0.05) is 7.11 Å². The second-order valence-corrected chi connectivity index (χ2v) is 8.07. The fourth-order valence-electron chi connectivity index (χ4n) is 3.91. The van der Waals surface area contributed by atoms with Crippen molar-refractivity contribution >= 4 is 22.6 Å². The van der Waals surface area contributed by atoms with Gasteiger partial charge in [0.2, 0.25) is 5.91 Å². The predicted octanol–water partition coefficient (Wildman–Crippen LogP) is 4.71. The van der Waals surface area contributed by atoms with Gasteiger partial charge < -0.3 is 14.8 Å². The van der Waals surface area contributed by atoms with Crippen LogP contribution in [0.3, 0.4) is 0 Å². The van der Waals surface area contributed by atoms with Gasteiger partial charge in [-0.15, -0.1) is 5.10 Å². The van der Waals surface area contributed by atoms with Crippen LogP contribution in [0.5, 0.6) is 5.75 Å². The number of nitrogens with one attached hydrogen (secondary N) is 1. The highest BCUT2D eigenvalue weighted by atomic mass is 19.1. The van der Waals surface area contributed by atoms with Crippen LogP contribution in [-0.2, 0) is 9.53 Å². The molecule has 0 aliphatic heterocycles. The van der Waals surface area contributed by atoms with E-state index in [-0.39, 0.29) is 17.8 Å². The summed E-state index contributed by atoms with van der Waals surface area (Å²) in [7, 11) is 1.61. The maximum absolute atomic E-state index is 13.4. The molecular weight excluding hydrogens is 385 g/mol. The molecule has 3 aromatic rings. The third-order valence-corrected chi connectivity index (χ3v) is 5.55. The lowest BCUT2D eigenvalue weighted by Gasteiger charge is -2.39. The number of fused-ring (bicyclic) bond motifs is 1. The lowest BCUT2D eigenvalue weighted by atomic mass is 9.68. The molecular formula is C23H26FN3O3. The van der Waals surface area contributed by atoms with Gasteiger partial charge >= 0.3 is 0 Å². The molecule has 0 radical (unpaired) electrons. The van der Waals surface area contributed by atoms with Crippen molar-refractivity contribution in [2.24, 2.45) is 5.41 Å². The molecule has 1 aromatic heterocycles. The molecule has 0 spiro atoms. The van der Waals surface area contributed by atoms with Crippen LogP contribution in [0.25, 0.3) is 16.6 Å². The van der Waals surface area contributed by atoms with Gasteiger partial charge in [-0.1, -0.05) is 12.5 Å². The minimum Gasteiger partial charge on any atom is -0.490 e. The first kappa shape index (κ1) is 20.3. The first-order chi connectivity index (χ1) is 14.4. The molecule has 0 unspecified atom stereocenters. The molecule has 1 saturated carbocycles. The second kappa shape index (κ2) is 8.07. The number of carbonyl (C=O) groups is 1. The Kier molecular flexibility index (Phi) is 5.47. The highest BCUT2D eigenvalue weighted by molar-refractivity contribution is 6.05. The average molecular weight is 411 g/mol. The lowest BCUT2D eigenvalue weighted by molar-refractivity contribution is -0.134. The van der Waals surface area contributed by atoms with E-state index in [0.717, 1.165) is 30.2 Å². The van der Waals surface area contributed by atoms with E-state index in [2.05, 4.69) is 10.4 Å². The van der Waals surface area contributed by atoms with Crippen LogP contribution in [0.1, 0.15) is 33.1 Å². The fourth-order valence-corrected chi connectivity index (χ4v) is 3.91. The van der Waals surface area contributed by atoms with Crippen molar-refractivity contribution in [1.29, 1.82) is 0 Å². The van der Waals surface area contributed by atoms with Crippen molar-refractivity contribution in [1.82, 2.24) is 9.78 Å². The Balaban J connectivity index is 1.81. The molecule has 1 N–H and O–H groups in total. The summed E-state index contributed by atoms with van der Waals surface area (Å²) in [6.07, 6.45) is 2.54. The van der Waals surface area contributed by atoms with E-state index in [1.165, 1.54) is 12.1 Å². The van der Waals surface area contributed by atoms with Crippen LogP contribution in [0.15, 0.2) is 42.5 Å². The van der Waals surface area contributed by atoms with E-state index in [1.54, 1.807) is 23.9 Å². The van der Waals surface area contributed by atoms with Crippen molar-refractivity contribution in [3.05, 3.63) is 48.3 Å². The first-order valence-electron chi connectivity index (χ1n) is 10.2. The van der Waals surface area contributed by atoms with E-state index < -0.39 is 5.41 Å². The topological polar surface area (TPSA) is 65.4 Å². The van der Waals surface area contributed by atoms with Gasteiger partial charge in [-0.2, -0.15) is 0 Å². The average Bonchev–Trinajstić information content (AvgIpc) is 3.04. The molecule has 2 aromatic carbocycles. The number of nitrogens with zero attached hydrogens (tertiary/aromatic N) is 2. The van der Waals surface area contributed by atoms with Crippen molar-refractivity contribution in [3.8, 4) is 11.4 Å². The second-order valence-electron chi connectivity index (χ2n) is 8.07. The maximum Gasteiger partial charge on any atom is 0.234 e. The van der Waals surface area contributed by atoms with Crippen molar-refractivity contribution in [2.45, 2.75) is 39.2 Å². The summed E-state index contributed by atoms with van der Waals surface area (Å²) in [5.41, 5.74) is 0.942. The van der Waals surface area contributed by atoms with E-state index in [4.69, 9.17) is 9.47 Å². The van der Waals surface area contributed by atoms with Crippen LogP contribution in [0.4, 0.5) is 10.2 Å². The smallest absolute Gasteiger partial charge is 0.234 e. The number of rotatable bonds is 7. The van der Waals surface area contributed by atoms with Crippen LogP contribution in [0.2, 0.25) is 0 Å². The third-order valence-electron chi connectivity index (χ3n) is 5.55. The molecule has 1 aliphatic carbocycles. The number of benzene rings is 2. The summed E-state index contributed by atoms with van der Waals surface area (Å²) in [6.45, 7) is 4.28. The zero-order valence-electron chi connectivity index (χ0n) is 17.4. The van der Waals surface area contributed by atoms with Crippen molar-refractivity contribution < 1.29 is 18.7 Å². The Bertz CT molecular complexity index is 1060. The summed E-state index contributed by atoms with van der Waals surface area (Å²) in [4.78, 5) is 13.1. The van der Waals surface area contributed by atoms with E-state index in [0.29, 0.717) is 23.9 Å². The van der Waals surface area contributed by atoms with Crippen molar-refractivity contribution in [3.63, 3.8) is 0 Å². The highest BCUT2D eigenvalue weighted by Gasteiger charge is 2.44. The Morgan fingerprint density at radius 1 is 1.23 bits per heavy atom. The van der Waals surface area contributed by atoms with Gasteiger partial charge in [0.05, 0.1) is 34.7 Å². The predicted molar refractivity (Wildman–Crippen MR) is 114 cm³/mol. The molecule has 1 heterocycles. The monoisotopic (exact) mass is 411 g/mol. The van der Waals surface area contributed by atoms with E-state index in [9.17, 15) is 9.18 Å². The zero-order chi connectivity index (χ0) is 21.3. The number of hydrogen-bond donors (Lipinski definition) is 1. The Labute approximate surface area is 175 Å². The molecule has 1 amide bonds. The minimum atomic E-state index is -0.519. The number of aromatic nitrogens is 2. The number of hydrogen-bond acceptors (Lipinski definition) is 4. The van der Waals surface area contributed by atoms with Crippen molar-refractivity contribution in [2.75, 3.05) is 19.0 Å². The maximum atomic E-state index is 13.4. The van der Waals surface area contributed by atoms with Gasteiger partial charge in [0.25, 0.3) is 0 Å². The van der Waals surface area contributed by atoms with Crippen LogP contribution >= 0.6 is 0 Å². The number of methoxy groups -OCH3 is 1. The SMILES string of the molecule is COCC1(C(=O)Nc2nn(-c3ccc(F)cc3)c3cccc(OC(C)C)c23)CCC1. The summed E-state index contributed by atoms with van der Waals surface area (Å²) >= 11 is 0. The molecule has 1 fully saturated rings. The largest absolute Gasteiger partial charge is 0.490 e. The van der Waals surface area contributed by atoms with Gasteiger partial charge in [-0.05, 0) is 63.1 Å². The number of ether oxygens (including phenoxy) is 2. The summed E-state index contributed by atoms with van der Waals surface area (Å²) in [5, 5.41) is 8.41. The van der Waals surface area contributed by atoms with E-state index in [1.807, 2.05) is 32.0 Å². The standard InChI is InChI=1S/C23H26FN3O3/c1-15(2)30-19-7-4-6-18-20(19)21(25-22(28)23(14-29-3)12-5-13-23)26-27(18)17-10-8-16(24)9-11-17/h4,6-11,15H,5,12-14H2,1-3H3,(H,25,26,28). The lowest BCUT2D eigenvalue weighted by Crippen LogP contribution is -2.45. The molecule has 30 heavy (non-hydrogen) atoms. The van der Waals surface area contributed by atoms with Crippen LogP contribution in [-0.4, -0.2) is 35.5 Å². The fraction of sp³-hybridized carbons (Fsp3) is 0.391. The van der Waals surface area contributed by atoms with Gasteiger partial charge in [0.15, 0.2) is 5.82 Å². The molecule has 7 heteroatoms. The highest BCUT2D eigenvalue weighted by Crippen LogP contribution is 2.43. The Morgan fingerprint density at radius 3 is 2.57 bits per heavy atom. The summed E-state index contributed by atoms with van der Waals surface area (Å²) < 4.78 is 26.4. The number of amides is 1. The molecule has 0 saturated heterocycles. The number of halogens is 1. The molecule has 4 rings (SSSR count). The molecule has 0 atom stereocenters. The zero-order valence-corrected chi connectivity index (χ0v) is 17.4. The van der Waals surface area contributed by atoms with Gasteiger partial charge in [-0.25, -0.2) is 9.07 Å². The van der Waals surface area contributed by atoms with Gasteiger partial charge in [0.1, 0.15) is 11.6 Å². The Morgan fingerprint density at radius 2 is 1.97 bits per heavy atom.